The Bertz CT molecular complexity index is 363. The number of amides is 1. The molecule has 1 heterocycles. The van der Waals surface area contributed by atoms with Crippen LogP contribution in [0.5, 0.6) is 0 Å². The van der Waals surface area contributed by atoms with Crippen LogP contribution in [0.3, 0.4) is 0 Å². The molecule has 4 heteroatoms. The summed E-state index contributed by atoms with van der Waals surface area (Å²) in [5.74, 6) is -0.224. The summed E-state index contributed by atoms with van der Waals surface area (Å²) in [7, 11) is 1.65. The Morgan fingerprint density at radius 3 is 2.35 bits per heavy atom. The van der Waals surface area contributed by atoms with E-state index in [2.05, 4.69) is 0 Å². The number of rotatable bonds is 2. The lowest BCUT2D eigenvalue weighted by atomic mass is 9.97. The van der Waals surface area contributed by atoms with E-state index in [1.165, 1.54) is 4.90 Å². The Hall–Kier alpha value is -1.32. The third kappa shape index (κ3) is 2.87. The van der Waals surface area contributed by atoms with Gasteiger partial charge >= 0.3 is 5.97 Å². The van der Waals surface area contributed by atoms with Gasteiger partial charge < -0.3 is 9.64 Å². The lowest BCUT2D eigenvalue weighted by Crippen LogP contribution is -2.39. The molecule has 1 rings (SSSR count). The van der Waals surface area contributed by atoms with Crippen molar-refractivity contribution in [3.63, 3.8) is 0 Å². The molecular formula is C13H21NO3. The van der Waals surface area contributed by atoms with Crippen LogP contribution in [0.2, 0.25) is 0 Å². The molecule has 1 amide bonds. The molecule has 0 aliphatic carbocycles. The fraction of sp³-hybridized carbons (Fsp3) is 0.692. The molecule has 0 saturated heterocycles. The zero-order chi connectivity index (χ0) is 13.4. The number of hydrogen-bond donors (Lipinski definition) is 0. The van der Waals surface area contributed by atoms with E-state index in [0.29, 0.717) is 0 Å². The monoisotopic (exact) mass is 239 g/mol. The van der Waals surface area contributed by atoms with Gasteiger partial charge in [0.15, 0.2) is 0 Å². The minimum Gasteiger partial charge on any atom is -0.437 e. The normalized spacial score (nSPS) is 20.9. The lowest BCUT2D eigenvalue weighted by Gasteiger charge is -2.28. The number of ether oxygens (including phenoxy) is 1. The summed E-state index contributed by atoms with van der Waals surface area (Å²) in [6.07, 6.45) is 1.01. The van der Waals surface area contributed by atoms with Crippen molar-refractivity contribution in [2.24, 2.45) is 11.3 Å². The first-order valence-electron chi connectivity index (χ1n) is 5.84. The first-order valence-corrected chi connectivity index (χ1v) is 5.84. The van der Waals surface area contributed by atoms with Gasteiger partial charge in [-0.1, -0.05) is 13.8 Å². The molecule has 0 saturated carbocycles. The van der Waals surface area contributed by atoms with E-state index >= 15 is 0 Å². The number of likely N-dealkylation sites (N-methyl/N-ethyl adjacent to an activating group) is 1. The average molecular weight is 239 g/mol. The Morgan fingerprint density at radius 1 is 1.41 bits per heavy atom. The van der Waals surface area contributed by atoms with Crippen molar-refractivity contribution >= 4 is 11.9 Å². The number of hydrogen-bond acceptors (Lipinski definition) is 3. The van der Waals surface area contributed by atoms with Crippen LogP contribution in [0.15, 0.2) is 11.6 Å². The summed E-state index contributed by atoms with van der Waals surface area (Å²) in [5, 5.41) is 0. The van der Waals surface area contributed by atoms with E-state index in [4.69, 9.17) is 4.74 Å². The van der Waals surface area contributed by atoms with E-state index in [0.717, 1.165) is 5.57 Å². The molecule has 0 radical (unpaired) electrons. The van der Waals surface area contributed by atoms with Gasteiger partial charge in [0.05, 0.1) is 5.41 Å². The van der Waals surface area contributed by atoms with Crippen molar-refractivity contribution in [3.8, 4) is 0 Å². The number of carbonyl (C=O) groups is 2. The van der Waals surface area contributed by atoms with Crippen molar-refractivity contribution in [3.05, 3.63) is 11.6 Å². The van der Waals surface area contributed by atoms with Gasteiger partial charge in [-0.25, -0.2) is 0 Å². The van der Waals surface area contributed by atoms with Crippen LogP contribution in [-0.2, 0) is 14.3 Å². The first-order chi connectivity index (χ1) is 7.64. The van der Waals surface area contributed by atoms with E-state index < -0.39 is 11.6 Å². The Balaban J connectivity index is 2.86. The van der Waals surface area contributed by atoms with Gasteiger partial charge in [0, 0.05) is 13.1 Å². The fourth-order valence-corrected chi connectivity index (χ4v) is 1.53. The van der Waals surface area contributed by atoms with E-state index in [1.807, 2.05) is 13.8 Å². The third-order valence-corrected chi connectivity index (χ3v) is 2.77. The molecule has 0 aromatic carbocycles. The summed E-state index contributed by atoms with van der Waals surface area (Å²) in [5.41, 5.74) is 0.296. The maximum atomic E-state index is 11.9. The molecular weight excluding hydrogens is 218 g/mol. The van der Waals surface area contributed by atoms with Gasteiger partial charge in [-0.2, -0.15) is 0 Å². The van der Waals surface area contributed by atoms with Crippen molar-refractivity contribution in [2.45, 2.75) is 40.8 Å². The van der Waals surface area contributed by atoms with Crippen LogP contribution in [0.4, 0.5) is 0 Å². The average Bonchev–Trinajstić information content (AvgIpc) is 2.44. The highest BCUT2D eigenvalue weighted by atomic mass is 16.6. The van der Waals surface area contributed by atoms with Crippen molar-refractivity contribution in [1.82, 2.24) is 4.90 Å². The molecule has 1 atom stereocenters. The summed E-state index contributed by atoms with van der Waals surface area (Å²) in [4.78, 5) is 24.9. The smallest absolute Gasteiger partial charge is 0.313 e. The van der Waals surface area contributed by atoms with E-state index in [9.17, 15) is 9.59 Å². The van der Waals surface area contributed by atoms with Crippen LogP contribution in [0.25, 0.3) is 0 Å². The Kier molecular flexibility index (Phi) is 3.65. The van der Waals surface area contributed by atoms with Crippen LogP contribution >= 0.6 is 0 Å². The second-order valence-corrected chi connectivity index (χ2v) is 5.76. The molecule has 0 fully saturated rings. The molecule has 0 N–H and O–H groups in total. The molecule has 96 valence electrons. The number of nitrogens with zero attached hydrogens (tertiary/aromatic N) is 1. The highest BCUT2D eigenvalue weighted by Crippen LogP contribution is 2.28. The minimum atomic E-state index is -0.561. The van der Waals surface area contributed by atoms with Crippen LogP contribution in [-0.4, -0.2) is 30.1 Å². The highest BCUT2D eigenvalue weighted by molar-refractivity contribution is 5.92. The number of esters is 1. The summed E-state index contributed by atoms with van der Waals surface area (Å²) < 4.78 is 5.43. The van der Waals surface area contributed by atoms with Gasteiger partial charge in [-0.05, 0) is 32.3 Å². The molecule has 0 aromatic rings. The zero-order valence-electron chi connectivity index (χ0n) is 11.4. The van der Waals surface area contributed by atoms with Crippen molar-refractivity contribution in [1.29, 1.82) is 0 Å². The molecule has 1 unspecified atom stereocenters. The molecule has 0 bridgehead atoms. The van der Waals surface area contributed by atoms with Crippen molar-refractivity contribution in [2.75, 3.05) is 7.05 Å². The van der Waals surface area contributed by atoms with E-state index in [1.54, 1.807) is 33.9 Å². The second kappa shape index (κ2) is 4.51. The maximum Gasteiger partial charge on any atom is 0.313 e. The minimum absolute atomic E-state index is 0.111. The SMILES string of the molecule is CC(C)C1=CC(=O)N(C)C1OC(=O)C(C)(C)C. The summed E-state index contributed by atoms with van der Waals surface area (Å²) >= 11 is 0. The molecule has 1 aliphatic heterocycles. The van der Waals surface area contributed by atoms with Gasteiger partial charge in [0.25, 0.3) is 0 Å². The lowest BCUT2D eigenvalue weighted by molar-refractivity contribution is -0.165. The summed E-state index contributed by atoms with van der Waals surface area (Å²) in [6, 6.07) is 0. The van der Waals surface area contributed by atoms with Crippen LogP contribution in [0, 0.1) is 11.3 Å². The van der Waals surface area contributed by atoms with Gasteiger partial charge in [-0.3, -0.25) is 9.59 Å². The standard InChI is InChI=1S/C13H21NO3/c1-8(2)9-7-10(15)14(6)11(9)17-12(16)13(3,4)5/h7-8,11H,1-6H3. The largest absolute Gasteiger partial charge is 0.437 e. The van der Waals surface area contributed by atoms with Crippen LogP contribution in [0.1, 0.15) is 34.6 Å². The van der Waals surface area contributed by atoms with Gasteiger partial charge in [0.1, 0.15) is 0 Å². The predicted octanol–water partition coefficient (Wildman–Crippen LogP) is 1.96. The molecule has 0 spiro atoms. The molecule has 1 aliphatic rings. The van der Waals surface area contributed by atoms with Crippen LogP contribution < -0.4 is 0 Å². The molecule has 17 heavy (non-hydrogen) atoms. The topological polar surface area (TPSA) is 46.6 Å². The Labute approximate surface area is 103 Å². The van der Waals surface area contributed by atoms with Gasteiger partial charge in [0.2, 0.25) is 12.1 Å². The second-order valence-electron chi connectivity index (χ2n) is 5.76. The van der Waals surface area contributed by atoms with Crippen molar-refractivity contribution < 1.29 is 14.3 Å². The Morgan fingerprint density at radius 2 is 1.94 bits per heavy atom. The highest BCUT2D eigenvalue weighted by Gasteiger charge is 2.36. The maximum absolute atomic E-state index is 11.9. The van der Waals surface area contributed by atoms with E-state index in [-0.39, 0.29) is 17.8 Å². The zero-order valence-corrected chi connectivity index (χ0v) is 11.4. The number of carbonyl (C=O) groups excluding carboxylic acids is 2. The quantitative estimate of drug-likeness (QED) is 0.692. The molecule has 0 aromatic heterocycles. The van der Waals surface area contributed by atoms with Gasteiger partial charge in [-0.15, -0.1) is 0 Å². The fourth-order valence-electron chi connectivity index (χ4n) is 1.53. The summed E-state index contributed by atoms with van der Waals surface area (Å²) in [6.45, 7) is 9.35. The first kappa shape index (κ1) is 13.7. The third-order valence-electron chi connectivity index (χ3n) is 2.77. The molecule has 4 nitrogen and oxygen atoms in total. The predicted molar refractivity (Wildman–Crippen MR) is 65.0 cm³/mol.